The van der Waals surface area contributed by atoms with Crippen molar-refractivity contribution in [1.29, 1.82) is 0 Å². The van der Waals surface area contributed by atoms with E-state index in [4.69, 9.17) is 0 Å². The SMILES string of the molecule is CC(C)CCN1C(=O)NC(=O)C(c2cccc(Br)c2)C1=O. The molecule has 1 unspecified atom stereocenters. The van der Waals surface area contributed by atoms with Crippen molar-refractivity contribution in [3.05, 3.63) is 34.3 Å². The van der Waals surface area contributed by atoms with Gasteiger partial charge in [-0.05, 0) is 30.0 Å². The Bertz CT molecular complexity index is 586. The van der Waals surface area contributed by atoms with E-state index in [1.54, 1.807) is 18.2 Å². The summed E-state index contributed by atoms with van der Waals surface area (Å²) in [7, 11) is 0. The second kappa shape index (κ2) is 6.39. The van der Waals surface area contributed by atoms with Gasteiger partial charge in [0.1, 0.15) is 5.92 Å². The summed E-state index contributed by atoms with van der Waals surface area (Å²) < 4.78 is 0.784. The fraction of sp³-hybridized carbons (Fsp3) is 0.400. The molecule has 0 saturated carbocycles. The highest BCUT2D eigenvalue weighted by molar-refractivity contribution is 9.10. The van der Waals surface area contributed by atoms with Crippen LogP contribution < -0.4 is 5.32 Å². The number of carbonyl (C=O) groups is 3. The quantitative estimate of drug-likeness (QED) is 0.847. The van der Waals surface area contributed by atoms with E-state index in [2.05, 4.69) is 21.2 Å². The van der Waals surface area contributed by atoms with E-state index < -0.39 is 23.8 Å². The number of carbonyl (C=O) groups excluding carboxylic acids is 3. The molecule has 1 N–H and O–H groups in total. The zero-order valence-electron chi connectivity index (χ0n) is 11.9. The van der Waals surface area contributed by atoms with Crippen LogP contribution in [0.2, 0.25) is 0 Å². The van der Waals surface area contributed by atoms with Crippen molar-refractivity contribution in [2.24, 2.45) is 5.92 Å². The second-order valence-electron chi connectivity index (χ2n) is 5.45. The molecule has 0 aromatic heterocycles. The molecule has 1 atom stereocenters. The average Bonchev–Trinajstić information content (AvgIpc) is 2.37. The number of nitrogens with one attached hydrogen (secondary N) is 1. The number of nitrogens with zero attached hydrogens (tertiary/aromatic N) is 1. The molecule has 0 radical (unpaired) electrons. The molecule has 6 heteroatoms. The third-order valence-corrected chi connectivity index (χ3v) is 3.86. The Morgan fingerprint density at radius 2 is 2.00 bits per heavy atom. The largest absolute Gasteiger partial charge is 0.330 e. The van der Waals surface area contributed by atoms with Crippen molar-refractivity contribution in [2.45, 2.75) is 26.2 Å². The fourth-order valence-corrected chi connectivity index (χ4v) is 2.61. The maximum atomic E-state index is 12.5. The molecule has 5 nitrogen and oxygen atoms in total. The number of hydrogen-bond donors (Lipinski definition) is 1. The van der Waals surface area contributed by atoms with Crippen molar-refractivity contribution in [2.75, 3.05) is 6.54 Å². The highest BCUT2D eigenvalue weighted by Gasteiger charge is 2.41. The van der Waals surface area contributed by atoms with Gasteiger partial charge in [-0.2, -0.15) is 0 Å². The van der Waals surface area contributed by atoms with E-state index in [0.29, 0.717) is 24.4 Å². The summed E-state index contributed by atoms with van der Waals surface area (Å²) in [4.78, 5) is 37.5. The number of amides is 4. The summed E-state index contributed by atoms with van der Waals surface area (Å²) in [6.07, 6.45) is 0.707. The highest BCUT2D eigenvalue weighted by Crippen LogP contribution is 2.25. The van der Waals surface area contributed by atoms with Crippen molar-refractivity contribution in [1.82, 2.24) is 10.2 Å². The topological polar surface area (TPSA) is 66.5 Å². The first kappa shape index (κ1) is 15.7. The van der Waals surface area contributed by atoms with Crippen LogP contribution in [-0.4, -0.2) is 29.3 Å². The third kappa shape index (κ3) is 3.50. The van der Waals surface area contributed by atoms with Crippen LogP contribution >= 0.6 is 15.9 Å². The number of rotatable bonds is 4. The molecule has 1 aliphatic rings. The van der Waals surface area contributed by atoms with E-state index in [1.165, 1.54) is 0 Å². The van der Waals surface area contributed by atoms with Gasteiger partial charge in [-0.15, -0.1) is 0 Å². The van der Waals surface area contributed by atoms with Crippen molar-refractivity contribution in [3.8, 4) is 0 Å². The third-order valence-electron chi connectivity index (χ3n) is 3.36. The van der Waals surface area contributed by atoms with Crippen LogP contribution in [-0.2, 0) is 9.59 Å². The number of hydrogen-bond acceptors (Lipinski definition) is 3. The van der Waals surface area contributed by atoms with Crippen molar-refractivity contribution < 1.29 is 14.4 Å². The summed E-state index contributed by atoms with van der Waals surface area (Å²) >= 11 is 3.32. The van der Waals surface area contributed by atoms with E-state index in [1.807, 2.05) is 19.9 Å². The molecular formula is C15H17BrN2O3. The van der Waals surface area contributed by atoms with E-state index >= 15 is 0 Å². The first-order valence-electron chi connectivity index (χ1n) is 6.82. The average molecular weight is 353 g/mol. The van der Waals surface area contributed by atoms with E-state index in [9.17, 15) is 14.4 Å². The molecule has 112 valence electrons. The minimum absolute atomic E-state index is 0.320. The normalized spacial score (nSPS) is 19.1. The smallest absolute Gasteiger partial charge is 0.277 e. The second-order valence-corrected chi connectivity index (χ2v) is 6.37. The minimum atomic E-state index is -0.965. The van der Waals surface area contributed by atoms with Crippen LogP contribution in [0, 0.1) is 5.92 Å². The van der Waals surface area contributed by atoms with Gasteiger partial charge in [0, 0.05) is 11.0 Å². The zero-order valence-corrected chi connectivity index (χ0v) is 13.5. The molecule has 0 spiro atoms. The lowest BCUT2D eigenvalue weighted by molar-refractivity contribution is -0.138. The predicted molar refractivity (Wildman–Crippen MR) is 81.6 cm³/mol. The van der Waals surface area contributed by atoms with Gasteiger partial charge in [0.25, 0.3) is 0 Å². The molecule has 4 amide bonds. The molecular weight excluding hydrogens is 336 g/mol. The van der Waals surface area contributed by atoms with E-state index in [0.717, 1.165) is 9.37 Å². The maximum absolute atomic E-state index is 12.5. The molecule has 1 aliphatic heterocycles. The van der Waals surface area contributed by atoms with Crippen molar-refractivity contribution in [3.63, 3.8) is 0 Å². The lowest BCUT2D eigenvalue weighted by atomic mass is 9.95. The van der Waals surface area contributed by atoms with Gasteiger partial charge < -0.3 is 0 Å². The number of barbiturate groups is 1. The molecule has 0 bridgehead atoms. The first-order valence-corrected chi connectivity index (χ1v) is 7.61. The fourth-order valence-electron chi connectivity index (χ4n) is 2.19. The lowest BCUT2D eigenvalue weighted by Gasteiger charge is -2.30. The minimum Gasteiger partial charge on any atom is -0.277 e. The number of benzene rings is 1. The maximum Gasteiger partial charge on any atom is 0.330 e. The summed E-state index contributed by atoms with van der Waals surface area (Å²) in [6, 6.07) is 6.38. The van der Waals surface area contributed by atoms with E-state index in [-0.39, 0.29) is 0 Å². The number of halogens is 1. The van der Waals surface area contributed by atoms with Crippen LogP contribution in [0.25, 0.3) is 0 Å². The summed E-state index contributed by atoms with van der Waals surface area (Å²) in [6.45, 7) is 4.35. The Labute approximate surface area is 131 Å². The molecule has 1 aromatic rings. The Balaban J connectivity index is 2.26. The molecule has 1 saturated heterocycles. The molecule has 2 rings (SSSR count). The van der Waals surface area contributed by atoms with Crippen LogP contribution in [0.5, 0.6) is 0 Å². The molecule has 21 heavy (non-hydrogen) atoms. The van der Waals surface area contributed by atoms with Gasteiger partial charge in [0.15, 0.2) is 0 Å². The number of imide groups is 2. The van der Waals surface area contributed by atoms with Gasteiger partial charge in [0.2, 0.25) is 11.8 Å². The molecule has 1 aromatic carbocycles. The Morgan fingerprint density at radius 1 is 1.29 bits per heavy atom. The standard InChI is InChI=1S/C15H17BrN2O3/c1-9(2)6-7-18-14(20)12(13(19)17-15(18)21)10-4-3-5-11(16)8-10/h3-5,8-9,12H,6-7H2,1-2H3,(H,17,19,21). The zero-order chi connectivity index (χ0) is 15.6. The first-order chi connectivity index (χ1) is 9.90. The highest BCUT2D eigenvalue weighted by atomic mass is 79.9. The van der Waals surface area contributed by atoms with Crippen LogP contribution in [0.15, 0.2) is 28.7 Å². The monoisotopic (exact) mass is 352 g/mol. The van der Waals surface area contributed by atoms with Crippen LogP contribution in [0.4, 0.5) is 4.79 Å². The van der Waals surface area contributed by atoms with Gasteiger partial charge in [-0.3, -0.25) is 19.8 Å². The summed E-state index contributed by atoms with van der Waals surface area (Å²) in [5, 5.41) is 2.26. The number of urea groups is 1. The van der Waals surface area contributed by atoms with Crippen LogP contribution in [0.1, 0.15) is 31.7 Å². The summed E-state index contributed by atoms with van der Waals surface area (Å²) in [5.74, 6) is -1.62. The Hall–Kier alpha value is -1.69. The predicted octanol–water partition coefficient (Wildman–Crippen LogP) is 2.66. The summed E-state index contributed by atoms with van der Waals surface area (Å²) in [5.41, 5.74) is 0.578. The molecule has 1 fully saturated rings. The lowest BCUT2D eigenvalue weighted by Crippen LogP contribution is -2.57. The molecule has 0 aliphatic carbocycles. The van der Waals surface area contributed by atoms with Gasteiger partial charge in [-0.25, -0.2) is 4.79 Å². The van der Waals surface area contributed by atoms with Gasteiger partial charge in [-0.1, -0.05) is 41.9 Å². The van der Waals surface area contributed by atoms with Crippen LogP contribution in [0.3, 0.4) is 0 Å². The van der Waals surface area contributed by atoms with Gasteiger partial charge in [0.05, 0.1) is 0 Å². The molecule has 1 heterocycles. The van der Waals surface area contributed by atoms with Gasteiger partial charge >= 0.3 is 6.03 Å². The Morgan fingerprint density at radius 3 is 2.62 bits per heavy atom. The van der Waals surface area contributed by atoms with Crippen molar-refractivity contribution >= 4 is 33.8 Å². The Kier molecular flexibility index (Phi) is 4.77.